The summed E-state index contributed by atoms with van der Waals surface area (Å²) in [6, 6.07) is 8.28. The number of urea groups is 1. The predicted molar refractivity (Wildman–Crippen MR) is 108 cm³/mol. The van der Waals surface area contributed by atoms with E-state index in [9.17, 15) is 4.79 Å². The van der Waals surface area contributed by atoms with E-state index in [1.54, 1.807) is 13.3 Å². The van der Waals surface area contributed by atoms with Crippen LogP contribution < -0.4 is 10.1 Å². The van der Waals surface area contributed by atoms with Gasteiger partial charge in [0, 0.05) is 48.1 Å². The third-order valence-corrected chi connectivity index (χ3v) is 5.48. The Hall–Kier alpha value is -2.96. The largest absolute Gasteiger partial charge is 0.497 e. The fourth-order valence-corrected chi connectivity index (χ4v) is 3.95. The summed E-state index contributed by atoms with van der Waals surface area (Å²) in [7, 11) is 1.66. The van der Waals surface area contributed by atoms with E-state index in [2.05, 4.69) is 25.9 Å². The fourth-order valence-electron chi connectivity index (χ4n) is 3.95. The Kier molecular flexibility index (Phi) is 5.50. The van der Waals surface area contributed by atoms with Crippen LogP contribution in [0.2, 0.25) is 0 Å². The van der Waals surface area contributed by atoms with Crippen LogP contribution in [-0.4, -0.2) is 45.2 Å². The van der Waals surface area contributed by atoms with Crippen molar-refractivity contribution >= 4 is 16.9 Å². The molecule has 148 valence electrons. The number of rotatable bonds is 6. The molecular formula is C21H27N5O2. The SMILES string of the molecule is COc1ccc2[nH]c(CNC(=O)N3CCCCC3CCn3ccnc3)cc2c1. The molecule has 1 unspecified atom stereocenters. The third kappa shape index (κ3) is 4.13. The van der Waals surface area contributed by atoms with Crippen molar-refractivity contribution in [1.82, 2.24) is 24.8 Å². The monoisotopic (exact) mass is 381 g/mol. The van der Waals surface area contributed by atoms with Gasteiger partial charge in [-0.3, -0.25) is 0 Å². The quantitative estimate of drug-likeness (QED) is 0.686. The number of nitrogens with one attached hydrogen (secondary N) is 2. The van der Waals surface area contributed by atoms with Gasteiger partial charge in [0.25, 0.3) is 0 Å². The van der Waals surface area contributed by atoms with Crippen molar-refractivity contribution in [2.45, 2.75) is 44.8 Å². The van der Waals surface area contributed by atoms with Crippen molar-refractivity contribution < 1.29 is 9.53 Å². The standard InChI is InChI=1S/C21H27N5O2/c1-28-19-5-6-20-16(13-19)12-17(24-20)14-23-21(27)26-9-3-2-4-18(26)7-10-25-11-8-22-15-25/h5-6,8,11-13,15,18,24H,2-4,7,9-10,14H2,1H3,(H,23,27). The van der Waals surface area contributed by atoms with E-state index in [4.69, 9.17) is 4.74 Å². The summed E-state index contributed by atoms with van der Waals surface area (Å²) in [4.78, 5) is 22.3. The number of fused-ring (bicyclic) bond motifs is 1. The van der Waals surface area contributed by atoms with Crippen LogP contribution in [0.3, 0.4) is 0 Å². The molecule has 2 aromatic heterocycles. The van der Waals surface area contributed by atoms with Gasteiger partial charge in [-0.05, 0) is 49.9 Å². The number of H-pyrrole nitrogens is 1. The van der Waals surface area contributed by atoms with Crippen LogP contribution in [0.4, 0.5) is 4.79 Å². The highest BCUT2D eigenvalue weighted by atomic mass is 16.5. The summed E-state index contributed by atoms with van der Waals surface area (Å²) in [5.74, 6) is 0.830. The Labute approximate surface area is 164 Å². The van der Waals surface area contributed by atoms with Crippen molar-refractivity contribution in [1.29, 1.82) is 0 Å². The zero-order valence-corrected chi connectivity index (χ0v) is 16.2. The maximum atomic E-state index is 12.8. The van der Waals surface area contributed by atoms with Gasteiger partial charge in [0.2, 0.25) is 0 Å². The molecule has 4 rings (SSSR count). The molecule has 7 nitrogen and oxygen atoms in total. The lowest BCUT2D eigenvalue weighted by molar-refractivity contribution is 0.143. The Bertz CT molecular complexity index is 918. The smallest absolute Gasteiger partial charge is 0.317 e. The summed E-state index contributed by atoms with van der Waals surface area (Å²) in [6.07, 6.45) is 9.87. The second kappa shape index (κ2) is 8.37. The molecule has 2 amide bonds. The number of imidazole rings is 1. The van der Waals surface area contributed by atoms with Crippen molar-refractivity contribution in [3.63, 3.8) is 0 Å². The lowest BCUT2D eigenvalue weighted by Gasteiger charge is -2.35. The Morgan fingerprint density at radius 1 is 1.36 bits per heavy atom. The lowest BCUT2D eigenvalue weighted by atomic mass is 10.00. The second-order valence-electron chi connectivity index (χ2n) is 7.34. The number of ether oxygens (including phenoxy) is 1. The van der Waals surface area contributed by atoms with Gasteiger partial charge in [0.1, 0.15) is 5.75 Å². The molecule has 3 aromatic rings. The summed E-state index contributed by atoms with van der Waals surface area (Å²) in [5.41, 5.74) is 2.03. The molecule has 1 aromatic carbocycles. The topological polar surface area (TPSA) is 75.2 Å². The van der Waals surface area contributed by atoms with E-state index in [1.807, 2.05) is 35.6 Å². The number of aryl methyl sites for hydroxylation is 1. The molecule has 1 aliphatic rings. The molecule has 2 N–H and O–H groups in total. The molecule has 1 saturated heterocycles. The molecule has 28 heavy (non-hydrogen) atoms. The number of nitrogens with zero attached hydrogens (tertiary/aromatic N) is 3. The first-order chi connectivity index (χ1) is 13.7. The predicted octanol–water partition coefficient (Wildman–Crippen LogP) is 3.53. The van der Waals surface area contributed by atoms with Crippen LogP contribution in [0.15, 0.2) is 43.0 Å². The normalized spacial score (nSPS) is 17.0. The molecule has 1 atom stereocenters. The minimum Gasteiger partial charge on any atom is -0.497 e. The molecule has 3 heterocycles. The maximum absolute atomic E-state index is 12.8. The highest BCUT2D eigenvalue weighted by Crippen LogP contribution is 2.22. The molecule has 0 saturated carbocycles. The molecule has 1 fully saturated rings. The van der Waals surface area contributed by atoms with E-state index >= 15 is 0 Å². The van der Waals surface area contributed by atoms with Crippen molar-refractivity contribution in [3.05, 3.63) is 48.7 Å². The van der Waals surface area contributed by atoms with E-state index < -0.39 is 0 Å². The number of carbonyl (C=O) groups is 1. The molecule has 0 spiro atoms. The minimum absolute atomic E-state index is 0.0200. The van der Waals surface area contributed by atoms with E-state index in [1.165, 1.54) is 6.42 Å². The van der Waals surface area contributed by atoms with Gasteiger partial charge in [0.05, 0.1) is 20.0 Å². The third-order valence-electron chi connectivity index (χ3n) is 5.48. The minimum atomic E-state index is 0.0200. The average molecular weight is 381 g/mol. The van der Waals surface area contributed by atoms with Gasteiger partial charge >= 0.3 is 6.03 Å². The Morgan fingerprint density at radius 3 is 3.11 bits per heavy atom. The first-order valence-corrected chi connectivity index (χ1v) is 9.89. The van der Waals surface area contributed by atoms with Crippen LogP contribution in [0.1, 0.15) is 31.4 Å². The number of methoxy groups -OCH3 is 1. The molecule has 7 heteroatoms. The van der Waals surface area contributed by atoms with Gasteiger partial charge in [0.15, 0.2) is 0 Å². The number of hydrogen-bond donors (Lipinski definition) is 2. The number of benzene rings is 1. The first kappa shape index (κ1) is 18.4. The number of aromatic amines is 1. The summed E-state index contributed by atoms with van der Waals surface area (Å²) < 4.78 is 7.35. The zero-order chi connectivity index (χ0) is 19.3. The molecular weight excluding hydrogens is 354 g/mol. The lowest BCUT2D eigenvalue weighted by Crippen LogP contribution is -2.48. The first-order valence-electron chi connectivity index (χ1n) is 9.89. The molecule has 0 aliphatic carbocycles. The maximum Gasteiger partial charge on any atom is 0.317 e. The summed E-state index contributed by atoms with van der Waals surface area (Å²) in [5, 5.41) is 4.17. The number of hydrogen-bond acceptors (Lipinski definition) is 3. The molecule has 1 aliphatic heterocycles. The van der Waals surface area contributed by atoms with E-state index in [0.717, 1.165) is 54.7 Å². The van der Waals surface area contributed by atoms with E-state index in [-0.39, 0.29) is 12.1 Å². The average Bonchev–Trinajstić information content (AvgIpc) is 3.39. The number of carbonyl (C=O) groups excluding carboxylic acids is 1. The van der Waals surface area contributed by atoms with Crippen LogP contribution in [0.5, 0.6) is 5.75 Å². The van der Waals surface area contributed by atoms with Crippen molar-refractivity contribution in [3.8, 4) is 5.75 Å². The second-order valence-corrected chi connectivity index (χ2v) is 7.34. The summed E-state index contributed by atoms with van der Waals surface area (Å²) >= 11 is 0. The number of likely N-dealkylation sites (tertiary alicyclic amines) is 1. The molecule has 0 radical (unpaired) electrons. The van der Waals surface area contributed by atoms with Gasteiger partial charge in [-0.25, -0.2) is 9.78 Å². The highest BCUT2D eigenvalue weighted by molar-refractivity contribution is 5.82. The highest BCUT2D eigenvalue weighted by Gasteiger charge is 2.26. The summed E-state index contributed by atoms with van der Waals surface area (Å²) in [6.45, 7) is 2.20. The fraction of sp³-hybridized carbons (Fsp3) is 0.429. The van der Waals surface area contributed by atoms with Crippen LogP contribution in [0, 0.1) is 0 Å². The van der Waals surface area contributed by atoms with Crippen molar-refractivity contribution in [2.75, 3.05) is 13.7 Å². The Balaban J connectivity index is 1.36. The number of amides is 2. The van der Waals surface area contributed by atoms with Gasteiger partial charge in [-0.1, -0.05) is 0 Å². The van der Waals surface area contributed by atoms with Crippen LogP contribution >= 0.6 is 0 Å². The number of piperidine rings is 1. The van der Waals surface area contributed by atoms with E-state index in [0.29, 0.717) is 6.54 Å². The van der Waals surface area contributed by atoms with Crippen LogP contribution in [-0.2, 0) is 13.1 Å². The Morgan fingerprint density at radius 2 is 2.29 bits per heavy atom. The van der Waals surface area contributed by atoms with Gasteiger partial charge in [-0.2, -0.15) is 0 Å². The van der Waals surface area contributed by atoms with Crippen molar-refractivity contribution in [2.24, 2.45) is 0 Å². The zero-order valence-electron chi connectivity index (χ0n) is 16.2. The number of aromatic nitrogens is 3. The molecule has 0 bridgehead atoms. The van der Waals surface area contributed by atoms with Gasteiger partial charge in [-0.15, -0.1) is 0 Å². The van der Waals surface area contributed by atoms with Gasteiger partial charge < -0.3 is 24.5 Å². The van der Waals surface area contributed by atoms with Crippen LogP contribution in [0.25, 0.3) is 10.9 Å².